The van der Waals surface area contributed by atoms with Gasteiger partial charge in [-0.3, -0.25) is 9.59 Å². The van der Waals surface area contributed by atoms with Crippen molar-refractivity contribution >= 4 is 23.2 Å². The highest BCUT2D eigenvalue weighted by atomic mass is 16.2. The van der Waals surface area contributed by atoms with E-state index < -0.39 is 0 Å². The van der Waals surface area contributed by atoms with E-state index in [0.29, 0.717) is 5.92 Å². The lowest BCUT2D eigenvalue weighted by molar-refractivity contribution is -0.120. The lowest BCUT2D eigenvalue weighted by Gasteiger charge is -2.25. The Kier molecular flexibility index (Phi) is 6.19. The molecule has 0 saturated heterocycles. The van der Waals surface area contributed by atoms with Gasteiger partial charge in [-0.1, -0.05) is 50.2 Å². The number of nitrogens with one attached hydrogen (secondary N) is 1. The molecule has 0 aliphatic heterocycles. The summed E-state index contributed by atoms with van der Waals surface area (Å²) in [6.07, 6.45) is 0. The fraction of sp³-hybridized carbons (Fsp3) is 0.364. The number of rotatable bonds is 5. The number of para-hydroxylation sites is 2. The van der Waals surface area contributed by atoms with E-state index in [0.717, 1.165) is 33.6 Å². The van der Waals surface area contributed by atoms with Crippen LogP contribution in [0.1, 0.15) is 48.9 Å². The summed E-state index contributed by atoms with van der Waals surface area (Å²) in [5.74, 6) is -0.0433. The smallest absolute Gasteiger partial charge is 0.244 e. The Morgan fingerprint density at radius 3 is 2.04 bits per heavy atom. The molecule has 0 aliphatic carbocycles. The second-order valence-electron chi connectivity index (χ2n) is 7.09. The van der Waals surface area contributed by atoms with E-state index in [-0.39, 0.29) is 18.4 Å². The summed E-state index contributed by atoms with van der Waals surface area (Å²) in [7, 11) is 0. The van der Waals surface area contributed by atoms with Crippen molar-refractivity contribution in [1.82, 2.24) is 0 Å². The summed E-state index contributed by atoms with van der Waals surface area (Å²) in [6, 6.07) is 11.9. The van der Waals surface area contributed by atoms with Crippen LogP contribution in [0.2, 0.25) is 0 Å². The fourth-order valence-corrected chi connectivity index (χ4v) is 3.24. The zero-order chi connectivity index (χ0) is 19.4. The minimum Gasteiger partial charge on any atom is -0.324 e. The van der Waals surface area contributed by atoms with Crippen LogP contribution in [-0.2, 0) is 9.59 Å². The zero-order valence-corrected chi connectivity index (χ0v) is 16.5. The molecule has 1 N–H and O–H groups in total. The van der Waals surface area contributed by atoms with E-state index in [1.807, 2.05) is 57.2 Å². The molecule has 0 aromatic heterocycles. The lowest BCUT2D eigenvalue weighted by atomic mass is 9.98. The SMILES string of the molecule is CC(=O)N(CC(=O)Nc1c(C)cccc1C(C)C)c1c(C)cccc1C. The average Bonchev–Trinajstić information content (AvgIpc) is 2.55. The third-order valence-corrected chi connectivity index (χ3v) is 4.58. The molecule has 26 heavy (non-hydrogen) atoms. The van der Waals surface area contributed by atoms with Gasteiger partial charge < -0.3 is 10.2 Å². The maximum Gasteiger partial charge on any atom is 0.244 e. The monoisotopic (exact) mass is 352 g/mol. The molecule has 0 radical (unpaired) electrons. The number of hydrogen-bond donors (Lipinski definition) is 1. The first-order valence-corrected chi connectivity index (χ1v) is 8.96. The normalized spacial score (nSPS) is 10.7. The van der Waals surface area contributed by atoms with Crippen LogP contribution in [0.25, 0.3) is 0 Å². The minimum atomic E-state index is -0.195. The van der Waals surface area contributed by atoms with Crippen LogP contribution in [0.4, 0.5) is 11.4 Å². The lowest BCUT2D eigenvalue weighted by Crippen LogP contribution is -2.37. The Balaban J connectivity index is 2.30. The van der Waals surface area contributed by atoms with E-state index in [1.165, 1.54) is 6.92 Å². The molecule has 0 unspecified atom stereocenters. The Morgan fingerprint density at radius 2 is 1.50 bits per heavy atom. The second-order valence-corrected chi connectivity index (χ2v) is 7.09. The molecule has 2 aromatic carbocycles. The number of anilines is 2. The largest absolute Gasteiger partial charge is 0.324 e. The Labute approximate surface area is 156 Å². The van der Waals surface area contributed by atoms with Crippen LogP contribution in [0.15, 0.2) is 36.4 Å². The molecule has 0 bridgehead atoms. The highest BCUT2D eigenvalue weighted by molar-refractivity contribution is 6.03. The van der Waals surface area contributed by atoms with E-state index in [2.05, 4.69) is 19.2 Å². The number of carbonyl (C=O) groups excluding carboxylic acids is 2. The van der Waals surface area contributed by atoms with Gasteiger partial charge in [0.15, 0.2) is 0 Å². The molecule has 4 heteroatoms. The van der Waals surface area contributed by atoms with Gasteiger partial charge in [0, 0.05) is 12.6 Å². The van der Waals surface area contributed by atoms with Crippen LogP contribution >= 0.6 is 0 Å². The first-order chi connectivity index (χ1) is 12.2. The predicted octanol–water partition coefficient (Wildman–Crippen LogP) is 4.73. The topological polar surface area (TPSA) is 49.4 Å². The summed E-state index contributed by atoms with van der Waals surface area (Å²) in [4.78, 5) is 26.5. The second kappa shape index (κ2) is 8.17. The first-order valence-electron chi connectivity index (χ1n) is 8.96. The van der Waals surface area contributed by atoms with Crippen LogP contribution in [0.3, 0.4) is 0 Å². The Hall–Kier alpha value is -2.62. The fourth-order valence-electron chi connectivity index (χ4n) is 3.24. The molecular formula is C22H28N2O2. The molecule has 4 nitrogen and oxygen atoms in total. The number of benzene rings is 2. The number of nitrogens with zero attached hydrogens (tertiary/aromatic N) is 1. The van der Waals surface area contributed by atoms with Gasteiger partial charge in [-0.05, 0) is 48.9 Å². The summed E-state index contributed by atoms with van der Waals surface area (Å²) >= 11 is 0. The summed E-state index contributed by atoms with van der Waals surface area (Å²) in [5.41, 5.74) is 5.73. The van der Waals surface area contributed by atoms with Gasteiger partial charge in [0.25, 0.3) is 0 Å². The first kappa shape index (κ1) is 19.7. The molecule has 138 valence electrons. The van der Waals surface area contributed by atoms with Gasteiger partial charge in [-0.15, -0.1) is 0 Å². The van der Waals surface area contributed by atoms with E-state index >= 15 is 0 Å². The molecule has 2 aromatic rings. The van der Waals surface area contributed by atoms with Crippen molar-refractivity contribution in [2.75, 3.05) is 16.8 Å². The van der Waals surface area contributed by atoms with E-state index in [1.54, 1.807) is 4.90 Å². The molecule has 2 amide bonds. The predicted molar refractivity (Wildman–Crippen MR) is 108 cm³/mol. The molecule has 0 aliphatic rings. The number of hydrogen-bond acceptors (Lipinski definition) is 2. The van der Waals surface area contributed by atoms with Gasteiger partial charge in [-0.25, -0.2) is 0 Å². The minimum absolute atomic E-state index is 0.00705. The van der Waals surface area contributed by atoms with Gasteiger partial charge >= 0.3 is 0 Å². The van der Waals surface area contributed by atoms with Gasteiger partial charge in [0.2, 0.25) is 11.8 Å². The standard InChI is InChI=1S/C22H28N2O2/c1-14(2)19-12-8-9-15(3)21(19)23-20(26)13-24(18(6)25)22-16(4)10-7-11-17(22)5/h7-12,14H,13H2,1-6H3,(H,23,26). The molecular weight excluding hydrogens is 324 g/mol. The highest BCUT2D eigenvalue weighted by Gasteiger charge is 2.20. The van der Waals surface area contributed by atoms with Crippen LogP contribution < -0.4 is 10.2 Å². The molecule has 0 heterocycles. The quantitative estimate of drug-likeness (QED) is 0.846. The maximum atomic E-state index is 12.7. The van der Waals surface area contributed by atoms with E-state index in [4.69, 9.17) is 0 Å². The van der Waals surface area contributed by atoms with Gasteiger partial charge in [0.1, 0.15) is 6.54 Å². The molecule has 0 saturated carbocycles. The average molecular weight is 352 g/mol. The van der Waals surface area contributed by atoms with Crippen molar-refractivity contribution in [3.05, 3.63) is 58.7 Å². The third kappa shape index (κ3) is 4.31. The van der Waals surface area contributed by atoms with Crippen molar-refractivity contribution in [2.24, 2.45) is 0 Å². The third-order valence-electron chi connectivity index (χ3n) is 4.58. The summed E-state index contributed by atoms with van der Waals surface area (Å²) in [5, 5.41) is 3.02. The van der Waals surface area contributed by atoms with Crippen molar-refractivity contribution in [3.63, 3.8) is 0 Å². The van der Waals surface area contributed by atoms with Gasteiger partial charge in [-0.2, -0.15) is 0 Å². The number of amides is 2. The molecule has 0 fully saturated rings. The Morgan fingerprint density at radius 1 is 0.962 bits per heavy atom. The number of aryl methyl sites for hydroxylation is 3. The summed E-state index contributed by atoms with van der Waals surface area (Å²) < 4.78 is 0. The Bertz CT molecular complexity index is 805. The van der Waals surface area contributed by atoms with Crippen molar-refractivity contribution in [3.8, 4) is 0 Å². The van der Waals surface area contributed by atoms with E-state index in [9.17, 15) is 9.59 Å². The number of carbonyl (C=O) groups is 2. The van der Waals surface area contributed by atoms with Crippen molar-refractivity contribution < 1.29 is 9.59 Å². The van der Waals surface area contributed by atoms with Crippen LogP contribution in [-0.4, -0.2) is 18.4 Å². The maximum absolute atomic E-state index is 12.7. The molecule has 0 atom stereocenters. The van der Waals surface area contributed by atoms with Crippen LogP contribution in [0.5, 0.6) is 0 Å². The van der Waals surface area contributed by atoms with Crippen molar-refractivity contribution in [1.29, 1.82) is 0 Å². The summed E-state index contributed by atoms with van der Waals surface area (Å²) in [6.45, 7) is 11.6. The van der Waals surface area contributed by atoms with Gasteiger partial charge in [0.05, 0.1) is 5.69 Å². The van der Waals surface area contributed by atoms with Crippen LogP contribution in [0, 0.1) is 20.8 Å². The zero-order valence-electron chi connectivity index (χ0n) is 16.5. The highest BCUT2D eigenvalue weighted by Crippen LogP contribution is 2.28. The molecule has 2 rings (SSSR count). The van der Waals surface area contributed by atoms with Crippen molar-refractivity contribution in [2.45, 2.75) is 47.5 Å². The molecule has 0 spiro atoms.